The first-order valence-electron chi connectivity index (χ1n) is 4.44. The van der Waals surface area contributed by atoms with Crippen LogP contribution in [0.3, 0.4) is 0 Å². The van der Waals surface area contributed by atoms with Crippen LogP contribution in [0, 0.1) is 5.41 Å². The largest absolute Gasteiger partial charge is 0.303 e. The Labute approximate surface area is 86.7 Å². The normalized spacial score (nSPS) is 19.5. The SMILES string of the molecule is O=CC1(Cc2sccc2Cl)CCC1. The van der Waals surface area contributed by atoms with Crippen molar-refractivity contribution in [1.82, 2.24) is 0 Å². The molecule has 70 valence electrons. The second-order valence-corrected chi connectivity index (χ2v) is 5.11. The van der Waals surface area contributed by atoms with Gasteiger partial charge in [-0.25, -0.2) is 0 Å². The quantitative estimate of drug-likeness (QED) is 0.706. The predicted molar refractivity (Wildman–Crippen MR) is 55.4 cm³/mol. The number of carbonyl (C=O) groups is 1. The molecule has 0 aliphatic heterocycles. The highest BCUT2D eigenvalue weighted by molar-refractivity contribution is 7.10. The van der Waals surface area contributed by atoms with E-state index in [1.54, 1.807) is 11.3 Å². The molecule has 2 rings (SSSR count). The highest BCUT2D eigenvalue weighted by atomic mass is 35.5. The van der Waals surface area contributed by atoms with Crippen molar-refractivity contribution in [1.29, 1.82) is 0 Å². The molecule has 1 aliphatic rings. The minimum Gasteiger partial charge on any atom is -0.303 e. The lowest BCUT2D eigenvalue weighted by Crippen LogP contribution is -2.33. The average Bonchev–Trinajstić information content (AvgIpc) is 2.44. The van der Waals surface area contributed by atoms with E-state index in [4.69, 9.17) is 11.6 Å². The van der Waals surface area contributed by atoms with Crippen molar-refractivity contribution in [2.45, 2.75) is 25.7 Å². The van der Waals surface area contributed by atoms with E-state index in [-0.39, 0.29) is 5.41 Å². The standard InChI is InChI=1S/C10H11ClOS/c11-8-2-5-13-9(8)6-10(7-12)3-1-4-10/h2,5,7H,1,3-4,6H2. The van der Waals surface area contributed by atoms with Gasteiger partial charge in [0.1, 0.15) is 6.29 Å². The van der Waals surface area contributed by atoms with Gasteiger partial charge in [-0.1, -0.05) is 18.0 Å². The van der Waals surface area contributed by atoms with Crippen LogP contribution in [-0.4, -0.2) is 6.29 Å². The van der Waals surface area contributed by atoms with E-state index in [0.29, 0.717) is 0 Å². The molecule has 1 heterocycles. The van der Waals surface area contributed by atoms with Crippen LogP contribution >= 0.6 is 22.9 Å². The number of carbonyl (C=O) groups excluding carboxylic acids is 1. The molecular formula is C10H11ClOS. The summed E-state index contributed by atoms with van der Waals surface area (Å²) in [4.78, 5) is 12.1. The van der Waals surface area contributed by atoms with E-state index in [1.807, 2.05) is 11.4 Å². The summed E-state index contributed by atoms with van der Waals surface area (Å²) in [5, 5.41) is 2.80. The molecule has 0 aromatic carbocycles. The van der Waals surface area contributed by atoms with Crippen LogP contribution in [0.2, 0.25) is 5.02 Å². The maximum absolute atomic E-state index is 10.9. The first-order chi connectivity index (χ1) is 6.26. The summed E-state index contributed by atoms with van der Waals surface area (Å²) >= 11 is 7.63. The van der Waals surface area contributed by atoms with Crippen LogP contribution < -0.4 is 0 Å². The molecule has 3 heteroatoms. The van der Waals surface area contributed by atoms with E-state index in [9.17, 15) is 4.79 Å². The lowest BCUT2D eigenvalue weighted by atomic mass is 9.67. The molecule has 1 aliphatic carbocycles. The van der Waals surface area contributed by atoms with Crippen molar-refractivity contribution in [3.8, 4) is 0 Å². The Morgan fingerprint density at radius 1 is 1.62 bits per heavy atom. The van der Waals surface area contributed by atoms with Crippen LogP contribution in [0.5, 0.6) is 0 Å². The van der Waals surface area contributed by atoms with Gasteiger partial charge in [-0.05, 0) is 30.7 Å². The summed E-state index contributed by atoms with van der Waals surface area (Å²) in [5.74, 6) is 0. The van der Waals surface area contributed by atoms with Crippen LogP contribution in [0.25, 0.3) is 0 Å². The number of hydrogen-bond donors (Lipinski definition) is 0. The second-order valence-electron chi connectivity index (χ2n) is 3.70. The number of halogens is 1. The third-order valence-electron chi connectivity index (χ3n) is 2.80. The monoisotopic (exact) mass is 214 g/mol. The van der Waals surface area contributed by atoms with Crippen LogP contribution in [0.15, 0.2) is 11.4 Å². The van der Waals surface area contributed by atoms with Gasteiger partial charge in [0.05, 0.1) is 5.02 Å². The Kier molecular flexibility index (Phi) is 2.43. The number of thiophene rings is 1. The predicted octanol–water partition coefficient (Wildman–Crippen LogP) is 3.31. The lowest BCUT2D eigenvalue weighted by molar-refractivity contribution is -0.120. The van der Waals surface area contributed by atoms with Crippen LogP contribution in [0.1, 0.15) is 24.1 Å². The van der Waals surface area contributed by atoms with Gasteiger partial charge in [0.15, 0.2) is 0 Å². The van der Waals surface area contributed by atoms with Gasteiger partial charge in [-0.2, -0.15) is 0 Å². The molecule has 1 nitrogen and oxygen atoms in total. The summed E-state index contributed by atoms with van der Waals surface area (Å²) in [7, 11) is 0. The van der Waals surface area contributed by atoms with Gasteiger partial charge in [-0.3, -0.25) is 0 Å². The van der Waals surface area contributed by atoms with E-state index >= 15 is 0 Å². The molecule has 0 unspecified atom stereocenters. The maximum Gasteiger partial charge on any atom is 0.126 e. The molecule has 0 atom stereocenters. The lowest BCUT2D eigenvalue weighted by Gasteiger charge is -2.36. The highest BCUT2D eigenvalue weighted by Gasteiger charge is 2.37. The Balaban J connectivity index is 2.13. The zero-order valence-electron chi connectivity index (χ0n) is 7.25. The van der Waals surface area contributed by atoms with Crippen molar-refractivity contribution in [2.24, 2.45) is 5.41 Å². The highest BCUT2D eigenvalue weighted by Crippen LogP contribution is 2.43. The molecule has 0 amide bonds. The van der Waals surface area contributed by atoms with Gasteiger partial charge < -0.3 is 4.79 Å². The fourth-order valence-electron chi connectivity index (χ4n) is 1.74. The van der Waals surface area contributed by atoms with Crippen molar-refractivity contribution < 1.29 is 4.79 Å². The molecule has 1 fully saturated rings. The van der Waals surface area contributed by atoms with Crippen LogP contribution in [-0.2, 0) is 11.2 Å². The Morgan fingerprint density at radius 3 is 2.77 bits per heavy atom. The summed E-state index contributed by atoms with van der Waals surface area (Å²) in [6, 6.07) is 1.90. The fourth-order valence-corrected chi connectivity index (χ4v) is 3.00. The van der Waals surface area contributed by atoms with E-state index in [1.165, 1.54) is 6.42 Å². The minimum atomic E-state index is -0.0749. The average molecular weight is 215 g/mol. The number of rotatable bonds is 3. The van der Waals surface area contributed by atoms with Gasteiger partial charge in [0.2, 0.25) is 0 Å². The van der Waals surface area contributed by atoms with Crippen LogP contribution in [0.4, 0.5) is 0 Å². The maximum atomic E-state index is 10.9. The molecule has 1 saturated carbocycles. The molecule has 1 aromatic rings. The molecule has 13 heavy (non-hydrogen) atoms. The summed E-state index contributed by atoms with van der Waals surface area (Å²) in [6.07, 6.45) is 5.21. The molecular weight excluding hydrogens is 204 g/mol. The van der Waals surface area contributed by atoms with Gasteiger partial charge in [0.25, 0.3) is 0 Å². The molecule has 0 saturated heterocycles. The summed E-state index contributed by atoms with van der Waals surface area (Å²) in [6.45, 7) is 0. The Hall–Kier alpha value is -0.340. The van der Waals surface area contributed by atoms with Crippen molar-refractivity contribution in [2.75, 3.05) is 0 Å². The number of hydrogen-bond acceptors (Lipinski definition) is 2. The van der Waals surface area contributed by atoms with Gasteiger partial charge in [-0.15, -0.1) is 11.3 Å². The third kappa shape index (κ3) is 1.65. The molecule has 0 bridgehead atoms. The number of aldehydes is 1. The first kappa shape index (κ1) is 9.22. The third-order valence-corrected chi connectivity index (χ3v) is 4.19. The summed E-state index contributed by atoms with van der Waals surface area (Å²) in [5.41, 5.74) is -0.0749. The summed E-state index contributed by atoms with van der Waals surface area (Å²) < 4.78 is 0. The zero-order chi connectivity index (χ0) is 9.31. The first-order valence-corrected chi connectivity index (χ1v) is 5.70. The molecule has 1 aromatic heterocycles. The Bertz CT molecular complexity index is 314. The van der Waals surface area contributed by atoms with E-state index < -0.39 is 0 Å². The van der Waals surface area contributed by atoms with E-state index in [0.717, 1.165) is 35.4 Å². The Morgan fingerprint density at radius 2 is 2.38 bits per heavy atom. The van der Waals surface area contributed by atoms with Crippen molar-refractivity contribution in [3.05, 3.63) is 21.3 Å². The smallest absolute Gasteiger partial charge is 0.126 e. The zero-order valence-corrected chi connectivity index (χ0v) is 8.83. The molecule has 0 N–H and O–H groups in total. The molecule has 0 radical (unpaired) electrons. The fraction of sp³-hybridized carbons (Fsp3) is 0.500. The minimum absolute atomic E-state index is 0.0749. The molecule has 0 spiro atoms. The van der Waals surface area contributed by atoms with Crippen molar-refractivity contribution in [3.63, 3.8) is 0 Å². The van der Waals surface area contributed by atoms with Gasteiger partial charge >= 0.3 is 0 Å². The second kappa shape index (κ2) is 3.43. The topological polar surface area (TPSA) is 17.1 Å². The van der Waals surface area contributed by atoms with Crippen molar-refractivity contribution >= 4 is 29.2 Å². The van der Waals surface area contributed by atoms with Gasteiger partial charge in [0, 0.05) is 10.3 Å². The van der Waals surface area contributed by atoms with E-state index in [2.05, 4.69) is 0 Å².